The third-order valence-corrected chi connectivity index (χ3v) is 7.29. The number of aromatic amines is 1. The molecule has 1 aromatic carbocycles. The van der Waals surface area contributed by atoms with Gasteiger partial charge in [-0.25, -0.2) is 0 Å². The molecule has 11 heteroatoms. The van der Waals surface area contributed by atoms with Crippen molar-refractivity contribution < 1.29 is 28.7 Å². The molecule has 3 amide bonds. The maximum Gasteiger partial charge on any atom is 0.268 e. The fourth-order valence-electron chi connectivity index (χ4n) is 5.15. The summed E-state index contributed by atoms with van der Waals surface area (Å²) >= 11 is 0. The number of methoxy groups -OCH3 is 1. The SMILES string of the molecule is COc1cccc2[nH]c(C(=O)N[C@@H](CC(C)C)C(=O)NC(C[C@@H]3CCNC3=O)C(=O)CN3CCOCC3)cc12. The predicted molar refractivity (Wildman–Crippen MR) is 145 cm³/mol. The molecule has 11 nitrogen and oxygen atoms in total. The summed E-state index contributed by atoms with van der Waals surface area (Å²) in [6.45, 7) is 7.03. The minimum atomic E-state index is -0.859. The second-order valence-electron chi connectivity index (χ2n) is 10.7. The van der Waals surface area contributed by atoms with Gasteiger partial charge in [0.25, 0.3) is 5.91 Å². The van der Waals surface area contributed by atoms with Crippen molar-refractivity contribution in [3.8, 4) is 5.75 Å². The molecule has 3 heterocycles. The summed E-state index contributed by atoms with van der Waals surface area (Å²) in [6.07, 6.45) is 1.23. The van der Waals surface area contributed by atoms with Gasteiger partial charge in [0.15, 0.2) is 5.78 Å². The van der Waals surface area contributed by atoms with E-state index in [-0.39, 0.29) is 36.5 Å². The summed E-state index contributed by atoms with van der Waals surface area (Å²) in [5.74, 6) is -0.728. The van der Waals surface area contributed by atoms with Gasteiger partial charge in [-0.15, -0.1) is 0 Å². The number of amides is 3. The summed E-state index contributed by atoms with van der Waals surface area (Å²) in [5.41, 5.74) is 1.05. The number of carbonyl (C=O) groups is 4. The Morgan fingerprint density at radius 2 is 1.92 bits per heavy atom. The number of hydrogen-bond donors (Lipinski definition) is 4. The minimum absolute atomic E-state index is 0.102. The molecule has 2 saturated heterocycles. The standard InChI is InChI=1S/C28H39N5O6/c1-17(2)13-22(32-28(37)23-15-19-20(30-23)5-4-6-25(19)38-3)27(36)31-21(14-18-7-8-29-26(18)35)24(34)16-33-9-11-39-12-10-33/h4-6,15,17-18,21-22,30H,7-14,16H2,1-3H3,(H,29,35)(H,31,36)(H,32,37)/t18-,21?,22-/m0/s1. The van der Waals surface area contributed by atoms with E-state index in [0.29, 0.717) is 57.1 Å². The molecule has 4 N–H and O–H groups in total. The van der Waals surface area contributed by atoms with Gasteiger partial charge < -0.3 is 30.4 Å². The van der Waals surface area contributed by atoms with Gasteiger partial charge in [-0.2, -0.15) is 0 Å². The largest absolute Gasteiger partial charge is 0.496 e. The highest BCUT2D eigenvalue weighted by molar-refractivity contribution is 6.02. The van der Waals surface area contributed by atoms with Crippen LogP contribution in [0.3, 0.4) is 0 Å². The molecule has 0 bridgehead atoms. The Morgan fingerprint density at radius 3 is 2.59 bits per heavy atom. The lowest BCUT2D eigenvalue weighted by Crippen LogP contribution is -2.54. The average Bonchev–Trinajstić information content (AvgIpc) is 3.54. The maximum absolute atomic E-state index is 13.5. The molecule has 2 aliphatic heterocycles. The van der Waals surface area contributed by atoms with Gasteiger partial charge in [-0.3, -0.25) is 24.1 Å². The molecule has 3 atom stereocenters. The molecule has 39 heavy (non-hydrogen) atoms. The molecule has 2 fully saturated rings. The molecule has 0 aliphatic carbocycles. The molecule has 1 aromatic heterocycles. The molecule has 0 radical (unpaired) electrons. The van der Waals surface area contributed by atoms with Gasteiger partial charge in [-0.1, -0.05) is 19.9 Å². The van der Waals surface area contributed by atoms with Crippen molar-refractivity contribution in [1.82, 2.24) is 25.8 Å². The number of aromatic nitrogens is 1. The highest BCUT2D eigenvalue weighted by Crippen LogP contribution is 2.26. The molecule has 212 valence electrons. The highest BCUT2D eigenvalue weighted by atomic mass is 16.5. The van der Waals surface area contributed by atoms with Crippen molar-refractivity contribution in [3.05, 3.63) is 30.0 Å². The molecule has 4 rings (SSSR count). The third kappa shape index (κ3) is 7.36. The zero-order chi connectivity index (χ0) is 27.9. The van der Waals surface area contributed by atoms with Crippen LogP contribution in [0.25, 0.3) is 10.9 Å². The maximum atomic E-state index is 13.5. The molecule has 0 saturated carbocycles. The van der Waals surface area contributed by atoms with Crippen LogP contribution >= 0.6 is 0 Å². The van der Waals surface area contributed by atoms with Gasteiger partial charge >= 0.3 is 0 Å². The molecule has 2 aliphatic rings. The van der Waals surface area contributed by atoms with Gasteiger partial charge in [-0.05, 0) is 43.4 Å². The number of Topliss-reactive ketones (excluding diaryl/α,β-unsaturated/α-hetero) is 1. The highest BCUT2D eigenvalue weighted by Gasteiger charge is 2.34. The van der Waals surface area contributed by atoms with E-state index in [1.54, 1.807) is 13.2 Å². The first-order valence-corrected chi connectivity index (χ1v) is 13.6. The number of rotatable bonds is 12. The average molecular weight is 542 g/mol. The first-order chi connectivity index (χ1) is 18.7. The minimum Gasteiger partial charge on any atom is -0.496 e. The summed E-state index contributed by atoms with van der Waals surface area (Å²) in [4.78, 5) is 57.5. The molecular weight excluding hydrogens is 502 g/mol. The lowest BCUT2D eigenvalue weighted by Gasteiger charge is -2.29. The number of fused-ring (bicyclic) bond motifs is 1. The quantitative estimate of drug-likeness (QED) is 0.317. The zero-order valence-electron chi connectivity index (χ0n) is 22.9. The van der Waals surface area contributed by atoms with E-state index in [2.05, 4.69) is 20.9 Å². The van der Waals surface area contributed by atoms with E-state index in [9.17, 15) is 19.2 Å². The fourth-order valence-corrected chi connectivity index (χ4v) is 5.15. The van der Waals surface area contributed by atoms with Gasteiger partial charge in [0.1, 0.15) is 17.5 Å². The number of ketones is 1. The Kier molecular flexibility index (Phi) is 9.58. The van der Waals surface area contributed by atoms with Crippen LogP contribution in [-0.4, -0.2) is 92.0 Å². The number of morpholine rings is 1. The Labute approximate surface area is 228 Å². The number of benzene rings is 1. The van der Waals surface area contributed by atoms with Crippen LogP contribution < -0.4 is 20.7 Å². The lowest BCUT2D eigenvalue weighted by molar-refractivity contribution is -0.131. The Balaban J connectivity index is 1.49. The Hall–Kier alpha value is -3.44. The fraction of sp³-hybridized carbons (Fsp3) is 0.571. The van der Waals surface area contributed by atoms with E-state index in [0.717, 1.165) is 10.9 Å². The van der Waals surface area contributed by atoms with Gasteiger partial charge in [0, 0.05) is 36.5 Å². The van der Waals surface area contributed by atoms with E-state index in [4.69, 9.17) is 9.47 Å². The van der Waals surface area contributed by atoms with Crippen molar-refractivity contribution >= 4 is 34.4 Å². The van der Waals surface area contributed by atoms with Crippen molar-refractivity contribution in [2.24, 2.45) is 11.8 Å². The first-order valence-electron chi connectivity index (χ1n) is 13.6. The molecule has 2 aromatic rings. The van der Waals surface area contributed by atoms with Crippen molar-refractivity contribution in [2.75, 3.05) is 46.5 Å². The van der Waals surface area contributed by atoms with Crippen LogP contribution in [0.5, 0.6) is 5.75 Å². The lowest BCUT2D eigenvalue weighted by atomic mass is 9.94. The number of carbonyl (C=O) groups excluding carboxylic acids is 4. The first kappa shape index (κ1) is 28.6. The monoisotopic (exact) mass is 541 g/mol. The van der Waals surface area contributed by atoms with E-state index >= 15 is 0 Å². The Bertz CT molecular complexity index is 1190. The number of nitrogens with one attached hydrogen (secondary N) is 4. The third-order valence-electron chi connectivity index (χ3n) is 7.29. The summed E-state index contributed by atoms with van der Waals surface area (Å²) < 4.78 is 10.8. The molecular formula is C28H39N5O6. The van der Waals surface area contributed by atoms with E-state index < -0.39 is 23.9 Å². The van der Waals surface area contributed by atoms with E-state index in [1.165, 1.54) is 0 Å². The van der Waals surface area contributed by atoms with Crippen LogP contribution in [0.15, 0.2) is 24.3 Å². The number of H-pyrrole nitrogens is 1. The van der Waals surface area contributed by atoms with Crippen LogP contribution in [0.4, 0.5) is 0 Å². The van der Waals surface area contributed by atoms with Crippen LogP contribution in [0.2, 0.25) is 0 Å². The topological polar surface area (TPSA) is 142 Å². The van der Waals surface area contributed by atoms with Gasteiger partial charge in [0.2, 0.25) is 11.8 Å². The smallest absolute Gasteiger partial charge is 0.268 e. The van der Waals surface area contributed by atoms with E-state index in [1.807, 2.05) is 36.9 Å². The molecule has 1 unspecified atom stereocenters. The van der Waals surface area contributed by atoms with Crippen molar-refractivity contribution in [1.29, 1.82) is 0 Å². The van der Waals surface area contributed by atoms with Crippen LogP contribution in [0.1, 0.15) is 43.6 Å². The van der Waals surface area contributed by atoms with Gasteiger partial charge in [0.05, 0.1) is 32.9 Å². The number of hydrogen-bond acceptors (Lipinski definition) is 7. The molecule has 0 spiro atoms. The second-order valence-corrected chi connectivity index (χ2v) is 10.7. The Morgan fingerprint density at radius 1 is 1.15 bits per heavy atom. The summed E-state index contributed by atoms with van der Waals surface area (Å²) in [5, 5.41) is 9.30. The summed E-state index contributed by atoms with van der Waals surface area (Å²) in [6, 6.07) is 5.48. The van der Waals surface area contributed by atoms with Crippen molar-refractivity contribution in [2.45, 2.75) is 45.2 Å². The number of nitrogens with zero attached hydrogens (tertiary/aromatic N) is 1. The zero-order valence-corrected chi connectivity index (χ0v) is 22.9. The van der Waals surface area contributed by atoms with Crippen molar-refractivity contribution in [3.63, 3.8) is 0 Å². The predicted octanol–water partition coefficient (Wildman–Crippen LogP) is 1.23. The van der Waals surface area contributed by atoms with Crippen LogP contribution in [-0.2, 0) is 19.1 Å². The number of ether oxygens (including phenoxy) is 2. The normalized spacial score (nSPS) is 19.5. The van der Waals surface area contributed by atoms with Crippen LogP contribution in [0, 0.1) is 11.8 Å². The summed E-state index contributed by atoms with van der Waals surface area (Å²) in [7, 11) is 1.57. The second kappa shape index (κ2) is 13.1.